The van der Waals surface area contributed by atoms with Gasteiger partial charge in [0.1, 0.15) is 11.6 Å². The summed E-state index contributed by atoms with van der Waals surface area (Å²) in [7, 11) is 0. The summed E-state index contributed by atoms with van der Waals surface area (Å²) in [6.07, 6.45) is 2.92. The number of amides is 1. The Morgan fingerprint density at radius 2 is 1.93 bits per heavy atom. The molecule has 1 amide bonds. The first-order valence-corrected chi connectivity index (χ1v) is 8.29. The number of Topliss-reactive ketones (excluding diaryl/α,β-unsaturated/α-hetero) is 1. The van der Waals surface area contributed by atoms with Crippen LogP contribution in [0.15, 0.2) is 54.1 Å². The van der Waals surface area contributed by atoms with E-state index in [1.165, 1.54) is 12.4 Å². The van der Waals surface area contributed by atoms with E-state index in [1.54, 1.807) is 32.9 Å². The Kier molecular flexibility index (Phi) is 4.55. The van der Waals surface area contributed by atoms with Crippen LogP contribution in [0.25, 0.3) is 0 Å². The normalized spacial score (nSPS) is 17.6. The number of benzene rings is 1. The van der Waals surface area contributed by atoms with Crippen molar-refractivity contribution in [1.82, 2.24) is 4.98 Å². The first kappa shape index (κ1) is 18.7. The van der Waals surface area contributed by atoms with Crippen LogP contribution < -0.4 is 4.90 Å². The van der Waals surface area contributed by atoms with Crippen LogP contribution in [0, 0.1) is 17.0 Å². The Morgan fingerprint density at radius 1 is 1.22 bits per heavy atom. The number of hydrogen-bond donors (Lipinski definition) is 1. The second-order valence-electron chi connectivity index (χ2n) is 7.30. The van der Waals surface area contributed by atoms with Gasteiger partial charge in [0, 0.05) is 23.9 Å². The van der Waals surface area contributed by atoms with Crippen molar-refractivity contribution in [3.63, 3.8) is 0 Å². The molecule has 0 saturated carbocycles. The number of hydrogen-bond acceptors (Lipinski definition) is 4. The Morgan fingerprint density at radius 3 is 2.52 bits per heavy atom. The van der Waals surface area contributed by atoms with Crippen molar-refractivity contribution in [2.45, 2.75) is 26.8 Å². The number of halogens is 2. The molecule has 7 heteroatoms. The predicted molar refractivity (Wildman–Crippen MR) is 94.9 cm³/mol. The number of aliphatic hydroxyl groups excluding tert-OH is 1. The maximum Gasteiger partial charge on any atom is 0.294 e. The number of anilines is 1. The van der Waals surface area contributed by atoms with Gasteiger partial charge in [-0.2, -0.15) is 0 Å². The fraction of sp³-hybridized carbons (Fsp3) is 0.250. The molecule has 140 valence electrons. The zero-order valence-corrected chi connectivity index (χ0v) is 15.0. The smallest absolute Gasteiger partial charge is 0.294 e. The van der Waals surface area contributed by atoms with E-state index >= 15 is 0 Å². The molecule has 1 N–H and O–H groups in total. The molecular formula is C20H18F2N2O3. The van der Waals surface area contributed by atoms with Crippen molar-refractivity contribution in [3.05, 3.63) is 71.3 Å². The standard InChI is InChI=1S/C20H18F2N2O3/c1-20(2,3)18(26)15-16(11-5-4-8-23-10-11)24(19(27)17(15)25)14-9-12(21)6-7-13(14)22/h4-10,16,25H,1-3H3. The quantitative estimate of drug-likeness (QED) is 0.888. The largest absolute Gasteiger partial charge is 0.503 e. The summed E-state index contributed by atoms with van der Waals surface area (Å²) in [5.74, 6) is -3.81. The number of aliphatic hydroxyl groups is 1. The Hall–Kier alpha value is -3.09. The van der Waals surface area contributed by atoms with Gasteiger partial charge in [0.05, 0.1) is 17.3 Å². The Labute approximate surface area is 155 Å². The fourth-order valence-electron chi connectivity index (χ4n) is 3.01. The van der Waals surface area contributed by atoms with Crippen molar-refractivity contribution in [1.29, 1.82) is 0 Å². The number of rotatable bonds is 3. The third-order valence-electron chi connectivity index (χ3n) is 4.30. The van der Waals surface area contributed by atoms with Crippen LogP contribution in [0.1, 0.15) is 32.4 Å². The SMILES string of the molecule is CC(C)(C)C(=O)C1=C(O)C(=O)N(c2cc(F)ccc2F)C1c1cccnc1. The Balaban J connectivity index is 2.25. The molecule has 0 saturated heterocycles. The van der Waals surface area contributed by atoms with Crippen LogP contribution in [0.2, 0.25) is 0 Å². The Bertz CT molecular complexity index is 949. The van der Waals surface area contributed by atoms with Gasteiger partial charge in [0.25, 0.3) is 5.91 Å². The number of carbonyl (C=O) groups excluding carboxylic acids is 2. The highest BCUT2D eigenvalue weighted by Crippen LogP contribution is 2.43. The number of aromatic nitrogens is 1. The topological polar surface area (TPSA) is 70.5 Å². The van der Waals surface area contributed by atoms with Gasteiger partial charge in [-0.05, 0) is 23.8 Å². The zero-order chi connectivity index (χ0) is 19.9. The molecule has 2 heterocycles. The van der Waals surface area contributed by atoms with Crippen molar-refractivity contribution in [2.75, 3.05) is 4.90 Å². The maximum atomic E-state index is 14.4. The number of pyridine rings is 1. The van der Waals surface area contributed by atoms with Crippen LogP contribution in [0.5, 0.6) is 0 Å². The molecule has 1 unspecified atom stereocenters. The van der Waals surface area contributed by atoms with Crippen LogP contribution in [-0.4, -0.2) is 21.8 Å². The molecule has 5 nitrogen and oxygen atoms in total. The van der Waals surface area contributed by atoms with Gasteiger partial charge >= 0.3 is 0 Å². The molecular weight excluding hydrogens is 354 g/mol. The van der Waals surface area contributed by atoms with E-state index in [2.05, 4.69) is 4.98 Å². The van der Waals surface area contributed by atoms with E-state index in [0.29, 0.717) is 5.56 Å². The number of ketones is 1. The van der Waals surface area contributed by atoms with Gasteiger partial charge in [-0.3, -0.25) is 19.5 Å². The van der Waals surface area contributed by atoms with Crippen LogP contribution in [-0.2, 0) is 9.59 Å². The van der Waals surface area contributed by atoms with E-state index in [4.69, 9.17) is 0 Å². The third-order valence-corrected chi connectivity index (χ3v) is 4.30. The molecule has 1 aliphatic rings. The van der Waals surface area contributed by atoms with Crippen molar-refractivity contribution < 1.29 is 23.5 Å². The van der Waals surface area contributed by atoms with Crippen LogP contribution in [0.3, 0.4) is 0 Å². The lowest BCUT2D eigenvalue weighted by Crippen LogP contribution is -2.33. The summed E-state index contributed by atoms with van der Waals surface area (Å²) in [4.78, 5) is 30.6. The third kappa shape index (κ3) is 3.20. The van der Waals surface area contributed by atoms with Crippen molar-refractivity contribution >= 4 is 17.4 Å². The molecule has 1 atom stereocenters. The van der Waals surface area contributed by atoms with Crippen molar-refractivity contribution in [3.8, 4) is 0 Å². The summed E-state index contributed by atoms with van der Waals surface area (Å²) in [5.41, 5.74) is -1.03. The molecule has 0 aliphatic carbocycles. The maximum absolute atomic E-state index is 14.4. The minimum absolute atomic E-state index is 0.163. The highest BCUT2D eigenvalue weighted by Gasteiger charge is 2.47. The van der Waals surface area contributed by atoms with Crippen LogP contribution in [0.4, 0.5) is 14.5 Å². The van der Waals surface area contributed by atoms with E-state index < -0.39 is 40.5 Å². The van der Waals surface area contributed by atoms with Gasteiger partial charge < -0.3 is 5.11 Å². The van der Waals surface area contributed by atoms with Gasteiger partial charge in [0.2, 0.25) is 0 Å². The molecule has 1 aromatic carbocycles. The molecule has 1 aliphatic heterocycles. The fourth-order valence-corrected chi connectivity index (χ4v) is 3.01. The van der Waals surface area contributed by atoms with Gasteiger partial charge in [-0.15, -0.1) is 0 Å². The minimum atomic E-state index is -1.12. The number of carbonyl (C=O) groups is 2. The van der Waals surface area contributed by atoms with E-state index in [-0.39, 0.29) is 11.3 Å². The monoisotopic (exact) mass is 372 g/mol. The molecule has 0 spiro atoms. The summed E-state index contributed by atoms with van der Waals surface area (Å²) in [6.45, 7) is 4.93. The molecule has 2 aromatic rings. The van der Waals surface area contributed by atoms with Gasteiger partial charge in [-0.1, -0.05) is 26.8 Å². The van der Waals surface area contributed by atoms with E-state index in [0.717, 1.165) is 23.1 Å². The first-order valence-electron chi connectivity index (χ1n) is 8.29. The lowest BCUT2D eigenvalue weighted by atomic mass is 9.82. The molecule has 0 bridgehead atoms. The van der Waals surface area contributed by atoms with E-state index in [1.807, 2.05) is 0 Å². The molecule has 0 radical (unpaired) electrons. The predicted octanol–water partition coefficient (Wildman–Crippen LogP) is 3.88. The highest BCUT2D eigenvalue weighted by atomic mass is 19.1. The summed E-state index contributed by atoms with van der Waals surface area (Å²) >= 11 is 0. The zero-order valence-electron chi connectivity index (χ0n) is 15.0. The van der Waals surface area contributed by atoms with Crippen LogP contribution >= 0.6 is 0 Å². The highest BCUT2D eigenvalue weighted by molar-refractivity contribution is 6.17. The second kappa shape index (κ2) is 6.57. The average Bonchev–Trinajstić information content (AvgIpc) is 2.88. The first-order chi connectivity index (χ1) is 12.6. The molecule has 1 aromatic heterocycles. The molecule has 0 fully saturated rings. The summed E-state index contributed by atoms with van der Waals surface area (Å²) in [5, 5.41) is 10.4. The summed E-state index contributed by atoms with van der Waals surface area (Å²) < 4.78 is 28.2. The van der Waals surface area contributed by atoms with Gasteiger partial charge in [-0.25, -0.2) is 8.78 Å². The lowest BCUT2D eigenvalue weighted by Gasteiger charge is -2.28. The molecule has 3 rings (SSSR count). The number of nitrogens with zero attached hydrogens (tertiary/aromatic N) is 2. The average molecular weight is 372 g/mol. The molecule has 27 heavy (non-hydrogen) atoms. The minimum Gasteiger partial charge on any atom is -0.503 e. The van der Waals surface area contributed by atoms with E-state index in [9.17, 15) is 23.5 Å². The van der Waals surface area contributed by atoms with Crippen molar-refractivity contribution in [2.24, 2.45) is 5.41 Å². The van der Waals surface area contributed by atoms with Gasteiger partial charge in [0.15, 0.2) is 11.5 Å². The summed E-state index contributed by atoms with van der Waals surface area (Å²) in [6, 6.07) is 4.74. The second-order valence-corrected chi connectivity index (χ2v) is 7.30. The lowest BCUT2D eigenvalue weighted by molar-refractivity contribution is -0.123.